The van der Waals surface area contributed by atoms with Gasteiger partial charge in [0.2, 0.25) is 5.91 Å². The molecule has 1 heterocycles. The minimum Gasteiger partial charge on any atom is -0.326 e. The molecule has 2 aromatic rings. The standard InChI is InChI=1S/C18H17NO2/c20-17(11-13-5-2-1-3-6-13)15-9-10-16-14(12-15)7-4-8-18(21)19-16/h1-3,5-6,9-10,12H,4,7-8,11H2,(H,19,21). The van der Waals surface area contributed by atoms with Crippen LogP contribution in [-0.2, 0) is 17.6 Å². The van der Waals surface area contributed by atoms with Crippen molar-refractivity contribution in [1.29, 1.82) is 0 Å². The molecule has 0 saturated carbocycles. The summed E-state index contributed by atoms with van der Waals surface area (Å²) >= 11 is 0. The second-order valence-electron chi connectivity index (χ2n) is 5.36. The molecule has 0 radical (unpaired) electrons. The number of carbonyl (C=O) groups excluding carboxylic acids is 2. The molecule has 0 aromatic heterocycles. The number of carbonyl (C=O) groups is 2. The van der Waals surface area contributed by atoms with Gasteiger partial charge in [-0.1, -0.05) is 30.3 Å². The molecule has 1 aliphatic rings. The summed E-state index contributed by atoms with van der Waals surface area (Å²) in [7, 11) is 0. The van der Waals surface area contributed by atoms with Crippen molar-refractivity contribution < 1.29 is 9.59 Å². The van der Waals surface area contributed by atoms with Crippen LogP contribution in [0.4, 0.5) is 5.69 Å². The van der Waals surface area contributed by atoms with E-state index < -0.39 is 0 Å². The van der Waals surface area contributed by atoms with E-state index in [0.29, 0.717) is 18.4 Å². The second-order valence-corrected chi connectivity index (χ2v) is 5.36. The fraction of sp³-hybridized carbons (Fsp3) is 0.222. The van der Waals surface area contributed by atoms with Crippen molar-refractivity contribution in [2.75, 3.05) is 5.32 Å². The number of amides is 1. The molecule has 0 atom stereocenters. The molecule has 3 rings (SSSR count). The van der Waals surface area contributed by atoms with Gasteiger partial charge in [0.1, 0.15) is 0 Å². The third-order valence-corrected chi connectivity index (χ3v) is 3.76. The molecule has 0 fully saturated rings. The molecular weight excluding hydrogens is 262 g/mol. The van der Waals surface area contributed by atoms with Gasteiger partial charge in [-0.05, 0) is 42.2 Å². The van der Waals surface area contributed by atoms with Crippen molar-refractivity contribution in [2.24, 2.45) is 0 Å². The van der Waals surface area contributed by atoms with E-state index in [4.69, 9.17) is 0 Å². The van der Waals surface area contributed by atoms with Crippen LogP contribution in [0.2, 0.25) is 0 Å². The minimum absolute atomic E-state index is 0.0529. The fourth-order valence-electron chi connectivity index (χ4n) is 2.63. The van der Waals surface area contributed by atoms with Crippen LogP contribution in [0, 0.1) is 0 Å². The van der Waals surface area contributed by atoms with Crippen molar-refractivity contribution in [3.63, 3.8) is 0 Å². The summed E-state index contributed by atoms with van der Waals surface area (Å²) in [6.45, 7) is 0. The summed E-state index contributed by atoms with van der Waals surface area (Å²) < 4.78 is 0. The van der Waals surface area contributed by atoms with Crippen LogP contribution in [-0.4, -0.2) is 11.7 Å². The number of anilines is 1. The molecule has 106 valence electrons. The van der Waals surface area contributed by atoms with Crippen LogP contribution in [0.25, 0.3) is 0 Å². The molecule has 3 heteroatoms. The number of hydrogen-bond donors (Lipinski definition) is 1. The molecular formula is C18H17NO2. The van der Waals surface area contributed by atoms with E-state index >= 15 is 0 Å². The molecule has 0 saturated heterocycles. The summed E-state index contributed by atoms with van der Waals surface area (Å²) in [5.41, 5.74) is 3.63. The van der Waals surface area contributed by atoms with Gasteiger partial charge in [-0.3, -0.25) is 9.59 Å². The SMILES string of the molecule is O=C1CCCc2cc(C(=O)Cc3ccccc3)ccc2N1. The Morgan fingerprint density at radius 1 is 1.05 bits per heavy atom. The van der Waals surface area contributed by atoms with Crippen LogP contribution in [0.5, 0.6) is 0 Å². The topological polar surface area (TPSA) is 46.2 Å². The number of rotatable bonds is 3. The Hall–Kier alpha value is -2.42. The van der Waals surface area contributed by atoms with Gasteiger partial charge in [-0.15, -0.1) is 0 Å². The van der Waals surface area contributed by atoms with Gasteiger partial charge in [-0.2, -0.15) is 0 Å². The lowest BCUT2D eigenvalue weighted by atomic mass is 9.99. The van der Waals surface area contributed by atoms with E-state index in [1.807, 2.05) is 42.5 Å². The highest BCUT2D eigenvalue weighted by atomic mass is 16.1. The summed E-state index contributed by atoms with van der Waals surface area (Å²) in [6, 6.07) is 15.3. The average molecular weight is 279 g/mol. The maximum atomic E-state index is 12.4. The quantitative estimate of drug-likeness (QED) is 0.875. The number of aryl methyl sites for hydroxylation is 1. The normalized spacial score (nSPS) is 14.0. The van der Waals surface area contributed by atoms with Gasteiger partial charge >= 0.3 is 0 Å². The summed E-state index contributed by atoms with van der Waals surface area (Å²) in [4.78, 5) is 23.9. The average Bonchev–Trinajstić information content (AvgIpc) is 2.68. The maximum Gasteiger partial charge on any atom is 0.224 e. The Kier molecular flexibility index (Phi) is 3.82. The second kappa shape index (κ2) is 5.92. The number of nitrogens with one attached hydrogen (secondary N) is 1. The monoisotopic (exact) mass is 279 g/mol. The first-order valence-corrected chi connectivity index (χ1v) is 7.22. The van der Waals surface area contributed by atoms with Crippen molar-refractivity contribution >= 4 is 17.4 Å². The molecule has 1 N–H and O–H groups in total. The zero-order valence-electron chi connectivity index (χ0n) is 11.8. The zero-order chi connectivity index (χ0) is 14.7. The molecule has 1 aliphatic heterocycles. The lowest BCUT2D eigenvalue weighted by molar-refractivity contribution is -0.116. The van der Waals surface area contributed by atoms with Crippen molar-refractivity contribution in [3.05, 3.63) is 65.2 Å². The van der Waals surface area contributed by atoms with Gasteiger partial charge in [0.25, 0.3) is 0 Å². The van der Waals surface area contributed by atoms with Crippen molar-refractivity contribution in [1.82, 2.24) is 0 Å². The van der Waals surface area contributed by atoms with Crippen LogP contribution < -0.4 is 5.32 Å². The van der Waals surface area contributed by atoms with Gasteiger partial charge in [-0.25, -0.2) is 0 Å². The summed E-state index contributed by atoms with van der Waals surface area (Å²) in [6.07, 6.45) is 2.61. The first kappa shape index (κ1) is 13.6. The van der Waals surface area contributed by atoms with Gasteiger partial charge in [0.15, 0.2) is 5.78 Å². The van der Waals surface area contributed by atoms with E-state index in [-0.39, 0.29) is 11.7 Å². The van der Waals surface area contributed by atoms with Crippen LogP contribution in [0.15, 0.2) is 48.5 Å². The molecule has 0 spiro atoms. The largest absolute Gasteiger partial charge is 0.326 e. The number of hydrogen-bond acceptors (Lipinski definition) is 2. The third kappa shape index (κ3) is 3.19. The molecule has 0 bridgehead atoms. The van der Waals surface area contributed by atoms with Crippen molar-refractivity contribution in [3.8, 4) is 0 Å². The Morgan fingerprint density at radius 2 is 1.86 bits per heavy atom. The van der Waals surface area contributed by atoms with E-state index in [1.165, 1.54) is 0 Å². The van der Waals surface area contributed by atoms with Crippen LogP contribution >= 0.6 is 0 Å². The predicted octanol–water partition coefficient (Wildman–Crippen LogP) is 3.39. The van der Waals surface area contributed by atoms with Crippen LogP contribution in [0.3, 0.4) is 0 Å². The fourth-order valence-corrected chi connectivity index (χ4v) is 2.63. The van der Waals surface area contributed by atoms with Crippen LogP contribution in [0.1, 0.15) is 34.3 Å². The Morgan fingerprint density at radius 3 is 2.67 bits per heavy atom. The molecule has 3 nitrogen and oxygen atoms in total. The lowest BCUT2D eigenvalue weighted by Crippen LogP contribution is -2.10. The number of ketones is 1. The smallest absolute Gasteiger partial charge is 0.224 e. The molecule has 2 aromatic carbocycles. The minimum atomic E-state index is 0.0529. The number of benzene rings is 2. The van der Waals surface area contributed by atoms with Gasteiger partial charge < -0.3 is 5.32 Å². The highest BCUT2D eigenvalue weighted by Gasteiger charge is 2.15. The summed E-state index contributed by atoms with van der Waals surface area (Å²) in [5.74, 6) is 0.164. The van der Waals surface area contributed by atoms with E-state index in [1.54, 1.807) is 6.07 Å². The first-order chi connectivity index (χ1) is 10.2. The van der Waals surface area contributed by atoms with Gasteiger partial charge in [0.05, 0.1) is 0 Å². The van der Waals surface area contributed by atoms with Crippen molar-refractivity contribution in [2.45, 2.75) is 25.7 Å². The summed E-state index contributed by atoms with van der Waals surface area (Å²) in [5, 5.41) is 2.89. The molecule has 0 unspecified atom stereocenters. The zero-order valence-corrected chi connectivity index (χ0v) is 11.8. The predicted molar refractivity (Wildman–Crippen MR) is 82.5 cm³/mol. The highest BCUT2D eigenvalue weighted by Crippen LogP contribution is 2.23. The molecule has 21 heavy (non-hydrogen) atoms. The maximum absolute atomic E-state index is 12.4. The van der Waals surface area contributed by atoms with E-state index in [0.717, 1.165) is 29.7 Å². The highest BCUT2D eigenvalue weighted by molar-refractivity contribution is 5.99. The molecule has 1 amide bonds. The third-order valence-electron chi connectivity index (χ3n) is 3.76. The Bertz CT molecular complexity index is 677. The first-order valence-electron chi connectivity index (χ1n) is 7.22. The number of fused-ring (bicyclic) bond motifs is 1. The molecule has 0 aliphatic carbocycles. The van der Waals surface area contributed by atoms with Gasteiger partial charge in [0, 0.05) is 24.1 Å². The van der Waals surface area contributed by atoms with E-state index in [2.05, 4.69) is 5.32 Å². The lowest BCUT2D eigenvalue weighted by Gasteiger charge is -2.09. The number of Topliss-reactive ketones (excluding diaryl/α,β-unsaturated/α-hetero) is 1. The van der Waals surface area contributed by atoms with E-state index in [9.17, 15) is 9.59 Å². The Labute approximate surface area is 124 Å². The Balaban J connectivity index is 1.81.